The molecule has 0 aliphatic heterocycles. The zero-order valence-electron chi connectivity index (χ0n) is 24.0. The van der Waals surface area contributed by atoms with Gasteiger partial charge in [0, 0.05) is 23.4 Å². The second kappa shape index (κ2) is 12.9. The molecule has 3 aromatic rings. The van der Waals surface area contributed by atoms with Gasteiger partial charge < -0.3 is 9.47 Å². The number of carbonyl (C=O) groups excluding carboxylic acids is 1. The Morgan fingerprint density at radius 3 is 2.39 bits per heavy atom. The Hall–Kier alpha value is -4.32. The number of sulfonamides is 1. The number of aromatic nitrogens is 2. The van der Waals surface area contributed by atoms with Gasteiger partial charge in [0.2, 0.25) is 10.0 Å². The number of unbranched alkanes of at least 4 members (excludes halogenated alkanes) is 1. The molecule has 3 rings (SSSR count). The van der Waals surface area contributed by atoms with Crippen LogP contribution >= 0.6 is 0 Å². The first-order valence-corrected chi connectivity index (χ1v) is 14.9. The quantitative estimate of drug-likeness (QED) is 0.231. The molecule has 1 aromatic heterocycles. The van der Waals surface area contributed by atoms with Crippen LogP contribution in [0, 0.1) is 0 Å². The standard InChI is InChI=1S/C29H36N4O7S/c1-7-8-15-40-28(36)30-24-17-21(32-41(6,37)38)12-11-19(24)9-10-20-16-22(33-14-13-25(34)31-27(33)35)18-23(26(20)39-5)29(2,3)4/h9-14,16-18,32H,7-8,15H2,1-6H3,(H,30,36)(H,31,34,35). The van der Waals surface area contributed by atoms with Gasteiger partial charge in [-0.25, -0.2) is 18.0 Å². The van der Waals surface area contributed by atoms with Crippen LogP contribution in [-0.2, 0) is 20.2 Å². The van der Waals surface area contributed by atoms with Crippen molar-refractivity contribution in [1.82, 2.24) is 9.55 Å². The van der Waals surface area contributed by atoms with E-state index in [1.54, 1.807) is 37.5 Å². The van der Waals surface area contributed by atoms with Crippen LogP contribution < -0.4 is 26.0 Å². The van der Waals surface area contributed by atoms with Crippen LogP contribution in [-0.4, -0.2) is 44.0 Å². The monoisotopic (exact) mass is 584 g/mol. The van der Waals surface area contributed by atoms with Crippen LogP contribution in [0.25, 0.3) is 17.8 Å². The lowest BCUT2D eigenvalue weighted by Gasteiger charge is -2.25. The zero-order valence-corrected chi connectivity index (χ0v) is 24.8. The summed E-state index contributed by atoms with van der Waals surface area (Å²) < 4.78 is 38.3. The zero-order chi connectivity index (χ0) is 30.4. The molecule has 0 aliphatic rings. The molecule has 0 fully saturated rings. The molecule has 0 bridgehead atoms. The third kappa shape index (κ3) is 8.58. The Balaban J connectivity index is 2.14. The molecule has 11 nitrogen and oxygen atoms in total. The second-order valence-electron chi connectivity index (χ2n) is 10.5. The van der Waals surface area contributed by atoms with Crippen LogP contribution in [0.1, 0.15) is 57.2 Å². The summed E-state index contributed by atoms with van der Waals surface area (Å²) in [6.45, 7) is 8.26. The number of methoxy groups -OCH3 is 1. The lowest BCUT2D eigenvalue weighted by atomic mass is 9.84. The molecular formula is C29H36N4O7S. The molecule has 3 N–H and O–H groups in total. The molecule has 12 heteroatoms. The topological polar surface area (TPSA) is 149 Å². The summed E-state index contributed by atoms with van der Waals surface area (Å²) in [5.41, 5.74) is 1.65. The van der Waals surface area contributed by atoms with Crippen molar-refractivity contribution in [1.29, 1.82) is 0 Å². The molecule has 41 heavy (non-hydrogen) atoms. The maximum atomic E-state index is 12.6. The fourth-order valence-electron chi connectivity index (χ4n) is 4.03. The number of nitrogens with one attached hydrogen (secondary N) is 3. The third-order valence-electron chi connectivity index (χ3n) is 5.98. The van der Waals surface area contributed by atoms with Gasteiger partial charge in [0.25, 0.3) is 5.56 Å². The number of anilines is 2. The van der Waals surface area contributed by atoms with E-state index >= 15 is 0 Å². The SMILES string of the molecule is CCCCOC(=O)Nc1cc(NS(C)(=O)=O)ccc1C=Cc1cc(-n2ccc(=O)[nH]c2=O)cc(C(C)(C)C)c1OC. The number of H-pyrrole nitrogens is 1. The number of ether oxygens (including phenoxy) is 2. The minimum atomic E-state index is -3.55. The largest absolute Gasteiger partial charge is 0.496 e. The smallest absolute Gasteiger partial charge is 0.411 e. The highest BCUT2D eigenvalue weighted by Gasteiger charge is 2.23. The van der Waals surface area contributed by atoms with Gasteiger partial charge in [-0.05, 0) is 41.7 Å². The molecule has 0 atom stereocenters. The molecule has 0 unspecified atom stereocenters. The van der Waals surface area contributed by atoms with E-state index in [4.69, 9.17) is 9.47 Å². The maximum absolute atomic E-state index is 12.6. The Kier molecular flexibility index (Phi) is 9.82. The second-order valence-corrected chi connectivity index (χ2v) is 12.2. The molecule has 220 valence electrons. The number of hydrogen-bond donors (Lipinski definition) is 3. The van der Waals surface area contributed by atoms with Gasteiger partial charge in [-0.3, -0.25) is 24.4 Å². The number of benzene rings is 2. The molecule has 0 saturated heterocycles. The average Bonchev–Trinajstić information content (AvgIpc) is 2.86. The summed E-state index contributed by atoms with van der Waals surface area (Å²) in [4.78, 5) is 38.9. The molecule has 1 amide bonds. The van der Waals surface area contributed by atoms with E-state index < -0.39 is 27.4 Å². The van der Waals surface area contributed by atoms with Crippen molar-refractivity contribution >= 4 is 39.6 Å². The van der Waals surface area contributed by atoms with Gasteiger partial charge in [0.1, 0.15) is 5.75 Å². The van der Waals surface area contributed by atoms with Crippen molar-refractivity contribution in [2.45, 2.75) is 46.0 Å². The van der Waals surface area contributed by atoms with E-state index in [0.717, 1.165) is 18.2 Å². The number of hydrogen-bond acceptors (Lipinski definition) is 7. The molecule has 0 aliphatic carbocycles. The van der Waals surface area contributed by atoms with E-state index in [9.17, 15) is 22.8 Å². The summed E-state index contributed by atoms with van der Waals surface area (Å²) in [6.07, 6.45) is 6.83. The van der Waals surface area contributed by atoms with Crippen molar-refractivity contribution in [2.24, 2.45) is 0 Å². The van der Waals surface area contributed by atoms with Crippen LogP contribution in [0.3, 0.4) is 0 Å². The maximum Gasteiger partial charge on any atom is 0.411 e. The fraction of sp³-hybridized carbons (Fsp3) is 0.345. The number of rotatable bonds is 10. The van der Waals surface area contributed by atoms with Crippen LogP contribution in [0.5, 0.6) is 5.75 Å². The summed E-state index contributed by atoms with van der Waals surface area (Å²) in [5, 5.41) is 2.69. The van der Waals surface area contributed by atoms with Gasteiger partial charge in [-0.2, -0.15) is 0 Å². The number of aromatic amines is 1. The van der Waals surface area contributed by atoms with Crippen molar-refractivity contribution in [3.8, 4) is 11.4 Å². The Labute approximate surface area is 239 Å². The Morgan fingerprint density at radius 1 is 1.07 bits per heavy atom. The highest BCUT2D eigenvalue weighted by molar-refractivity contribution is 7.92. The normalized spacial score (nSPS) is 11.9. The Bertz CT molecular complexity index is 1670. The van der Waals surface area contributed by atoms with Crippen molar-refractivity contribution in [3.63, 3.8) is 0 Å². The average molecular weight is 585 g/mol. The van der Waals surface area contributed by atoms with Crippen LogP contribution in [0.4, 0.5) is 16.2 Å². The summed E-state index contributed by atoms with van der Waals surface area (Å²) in [7, 11) is -2.00. The summed E-state index contributed by atoms with van der Waals surface area (Å²) in [5.74, 6) is 0.582. The first-order chi connectivity index (χ1) is 19.2. The minimum absolute atomic E-state index is 0.248. The van der Waals surface area contributed by atoms with Gasteiger partial charge in [-0.1, -0.05) is 52.3 Å². The predicted octanol–water partition coefficient (Wildman–Crippen LogP) is 4.72. The van der Waals surface area contributed by atoms with Gasteiger partial charge in [0.15, 0.2) is 0 Å². The summed E-state index contributed by atoms with van der Waals surface area (Å²) >= 11 is 0. The van der Waals surface area contributed by atoms with E-state index in [1.807, 2.05) is 33.8 Å². The van der Waals surface area contributed by atoms with Crippen molar-refractivity contribution in [2.75, 3.05) is 30.0 Å². The molecule has 0 radical (unpaired) electrons. The van der Waals surface area contributed by atoms with Gasteiger partial charge >= 0.3 is 11.8 Å². The Morgan fingerprint density at radius 2 is 1.78 bits per heavy atom. The number of nitrogens with zero attached hydrogens (tertiary/aromatic N) is 1. The predicted molar refractivity (Wildman–Crippen MR) is 162 cm³/mol. The first-order valence-electron chi connectivity index (χ1n) is 13.0. The third-order valence-corrected chi connectivity index (χ3v) is 6.59. The molecule has 0 spiro atoms. The van der Waals surface area contributed by atoms with Crippen LogP contribution in [0.2, 0.25) is 0 Å². The lowest BCUT2D eigenvalue weighted by Crippen LogP contribution is -2.28. The highest BCUT2D eigenvalue weighted by atomic mass is 32.2. The fourth-order valence-corrected chi connectivity index (χ4v) is 4.58. The van der Waals surface area contributed by atoms with Crippen molar-refractivity contribution in [3.05, 3.63) is 80.1 Å². The summed E-state index contributed by atoms with van der Waals surface area (Å²) in [6, 6.07) is 9.57. The van der Waals surface area contributed by atoms with Gasteiger partial charge in [0.05, 0.1) is 37.0 Å². The molecule has 2 aromatic carbocycles. The van der Waals surface area contributed by atoms with E-state index in [-0.39, 0.29) is 17.7 Å². The highest BCUT2D eigenvalue weighted by Crippen LogP contribution is 2.37. The van der Waals surface area contributed by atoms with Crippen molar-refractivity contribution < 1.29 is 22.7 Å². The number of carbonyl (C=O) groups is 1. The number of amides is 1. The molecule has 0 saturated carbocycles. The first kappa shape index (κ1) is 31.2. The van der Waals surface area contributed by atoms with E-state index in [0.29, 0.717) is 34.7 Å². The van der Waals surface area contributed by atoms with E-state index in [1.165, 1.54) is 22.9 Å². The van der Waals surface area contributed by atoms with Gasteiger partial charge in [-0.15, -0.1) is 0 Å². The molecule has 1 heterocycles. The van der Waals surface area contributed by atoms with E-state index in [2.05, 4.69) is 15.0 Å². The lowest BCUT2D eigenvalue weighted by molar-refractivity contribution is 0.160. The molecular weight excluding hydrogens is 548 g/mol. The van der Waals surface area contributed by atoms with Crippen LogP contribution in [0.15, 0.2) is 52.2 Å². The minimum Gasteiger partial charge on any atom is -0.496 e.